The molecule has 0 aromatic carbocycles. The largest absolute Gasteiger partial charge is 0.393 e. The molecule has 0 unspecified atom stereocenters. The molecule has 4 N–H and O–H groups in total. The Balaban J connectivity index is 1.40. The Morgan fingerprint density at radius 2 is 1.72 bits per heavy atom. The van der Waals surface area contributed by atoms with Crippen LogP contribution in [-0.4, -0.2) is 88.4 Å². The second-order valence-corrected chi connectivity index (χ2v) is 11.0. The molecule has 36 heavy (non-hydrogen) atoms. The lowest BCUT2D eigenvalue weighted by Crippen LogP contribution is -2.45. The van der Waals surface area contributed by atoms with Crippen molar-refractivity contribution in [3.8, 4) is 0 Å². The van der Waals surface area contributed by atoms with Gasteiger partial charge in [0.15, 0.2) is 0 Å². The molecule has 1 amide bonds. The third kappa shape index (κ3) is 6.94. The van der Waals surface area contributed by atoms with Crippen molar-refractivity contribution < 1.29 is 9.90 Å². The molecule has 9 nitrogen and oxygen atoms in total. The van der Waals surface area contributed by atoms with E-state index in [0.717, 1.165) is 108 Å². The number of likely N-dealkylation sites (tertiary alicyclic amines) is 2. The molecule has 1 aliphatic carbocycles. The number of amides is 1. The van der Waals surface area contributed by atoms with E-state index in [2.05, 4.69) is 34.5 Å². The lowest BCUT2D eigenvalue weighted by Gasteiger charge is -2.37. The predicted octanol–water partition coefficient (Wildman–Crippen LogP) is 3.35. The van der Waals surface area contributed by atoms with Gasteiger partial charge in [-0.1, -0.05) is 13.3 Å². The molecule has 3 fully saturated rings. The zero-order valence-electron chi connectivity index (χ0n) is 22.1. The van der Waals surface area contributed by atoms with E-state index in [1.807, 2.05) is 4.90 Å². The van der Waals surface area contributed by atoms with Gasteiger partial charge in [0.25, 0.3) is 0 Å². The van der Waals surface area contributed by atoms with Crippen LogP contribution in [0.4, 0.5) is 11.8 Å². The molecule has 200 valence electrons. The number of rotatable bonds is 9. The molecule has 9 heteroatoms. The minimum Gasteiger partial charge on any atom is -0.393 e. The summed E-state index contributed by atoms with van der Waals surface area (Å²) in [6.45, 7) is 6.42. The van der Waals surface area contributed by atoms with E-state index in [-0.39, 0.29) is 24.0 Å². The van der Waals surface area contributed by atoms with Gasteiger partial charge in [-0.25, -0.2) is 4.98 Å². The van der Waals surface area contributed by atoms with Gasteiger partial charge in [-0.2, -0.15) is 4.98 Å². The Kier molecular flexibility index (Phi) is 9.53. The summed E-state index contributed by atoms with van der Waals surface area (Å²) in [5, 5.41) is 25.8. The number of hydrogen-bond acceptors (Lipinski definition) is 8. The van der Waals surface area contributed by atoms with Gasteiger partial charge in [0.05, 0.1) is 11.7 Å². The van der Waals surface area contributed by atoms with Gasteiger partial charge >= 0.3 is 0 Å². The maximum atomic E-state index is 13.0. The van der Waals surface area contributed by atoms with Gasteiger partial charge in [-0.3, -0.25) is 4.79 Å². The van der Waals surface area contributed by atoms with Crippen molar-refractivity contribution in [3.05, 3.63) is 11.8 Å². The molecule has 1 aromatic heterocycles. The first-order chi connectivity index (χ1) is 17.4. The predicted molar refractivity (Wildman–Crippen MR) is 144 cm³/mol. The quantitative estimate of drug-likeness (QED) is 0.304. The average molecular weight is 500 g/mol. The van der Waals surface area contributed by atoms with E-state index in [4.69, 9.17) is 10.4 Å². The van der Waals surface area contributed by atoms with E-state index in [1.54, 1.807) is 6.20 Å². The topological polar surface area (TPSA) is 117 Å². The SMILES string of the molecule is CCCCNc1ncc(C(=N)C2CCN(C(=O)C3CCN(C)CC3)CC2)c(NC2CCC(O)CC2)n1. The highest BCUT2D eigenvalue weighted by atomic mass is 16.3. The van der Waals surface area contributed by atoms with Gasteiger partial charge in [-0.05, 0) is 77.9 Å². The Hall–Kier alpha value is -2.26. The number of carbonyl (C=O) groups is 1. The lowest BCUT2D eigenvalue weighted by molar-refractivity contribution is -0.138. The number of hydrogen-bond donors (Lipinski definition) is 4. The van der Waals surface area contributed by atoms with Crippen LogP contribution in [-0.2, 0) is 4.79 Å². The number of aliphatic hydroxyl groups excluding tert-OH is 1. The maximum Gasteiger partial charge on any atom is 0.225 e. The van der Waals surface area contributed by atoms with Crippen molar-refractivity contribution in [2.75, 3.05) is 50.4 Å². The molecule has 3 heterocycles. The monoisotopic (exact) mass is 499 g/mol. The van der Waals surface area contributed by atoms with Gasteiger partial charge < -0.3 is 30.9 Å². The summed E-state index contributed by atoms with van der Waals surface area (Å²) in [5.41, 5.74) is 1.34. The first-order valence-electron chi connectivity index (χ1n) is 14.1. The van der Waals surface area contributed by atoms with Gasteiger partial charge in [0.2, 0.25) is 11.9 Å². The van der Waals surface area contributed by atoms with Crippen LogP contribution in [0.3, 0.4) is 0 Å². The summed E-state index contributed by atoms with van der Waals surface area (Å²) >= 11 is 0. The molecular weight excluding hydrogens is 454 g/mol. The molecule has 0 bridgehead atoms. The van der Waals surface area contributed by atoms with Crippen LogP contribution in [0.2, 0.25) is 0 Å². The molecule has 4 rings (SSSR count). The highest BCUT2D eigenvalue weighted by molar-refractivity contribution is 6.03. The molecule has 2 saturated heterocycles. The number of aromatic nitrogens is 2. The van der Waals surface area contributed by atoms with E-state index < -0.39 is 0 Å². The number of piperidine rings is 2. The van der Waals surface area contributed by atoms with Crippen molar-refractivity contribution in [3.63, 3.8) is 0 Å². The van der Waals surface area contributed by atoms with Crippen molar-refractivity contribution in [1.82, 2.24) is 19.8 Å². The lowest BCUT2D eigenvalue weighted by atomic mass is 9.87. The zero-order chi connectivity index (χ0) is 25.5. The second kappa shape index (κ2) is 12.8. The fraction of sp³-hybridized carbons (Fsp3) is 0.778. The molecule has 1 saturated carbocycles. The average Bonchev–Trinajstić information content (AvgIpc) is 2.90. The van der Waals surface area contributed by atoms with Gasteiger partial charge in [0.1, 0.15) is 5.82 Å². The Morgan fingerprint density at radius 3 is 2.39 bits per heavy atom. The van der Waals surface area contributed by atoms with E-state index in [0.29, 0.717) is 17.6 Å². The Bertz CT molecular complexity index is 871. The number of carbonyl (C=O) groups excluding carboxylic acids is 1. The number of nitrogens with zero attached hydrogens (tertiary/aromatic N) is 4. The van der Waals surface area contributed by atoms with E-state index in [1.165, 1.54) is 0 Å². The highest BCUT2D eigenvalue weighted by Gasteiger charge is 2.32. The number of nitrogens with one attached hydrogen (secondary N) is 3. The standard InChI is InChI=1S/C27H45N7O2/c1-3-4-13-29-27-30-18-23(25(32-27)31-21-5-7-22(35)8-6-21)24(28)19-11-16-34(17-12-19)26(36)20-9-14-33(2)15-10-20/h18-22,28,35H,3-17H2,1-2H3,(H2,29,30,31,32). The summed E-state index contributed by atoms with van der Waals surface area (Å²) in [6, 6.07) is 0.243. The Labute approximate surface area is 216 Å². The van der Waals surface area contributed by atoms with Crippen LogP contribution in [0.25, 0.3) is 0 Å². The van der Waals surface area contributed by atoms with Crippen molar-refractivity contribution in [2.45, 2.75) is 83.3 Å². The minimum atomic E-state index is -0.208. The molecule has 0 atom stereocenters. The summed E-state index contributed by atoms with van der Waals surface area (Å²) < 4.78 is 0. The van der Waals surface area contributed by atoms with Crippen LogP contribution in [0.1, 0.15) is 76.7 Å². The second-order valence-electron chi connectivity index (χ2n) is 11.0. The fourth-order valence-electron chi connectivity index (χ4n) is 5.69. The zero-order valence-corrected chi connectivity index (χ0v) is 22.1. The third-order valence-electron chi connectivity index (χ3n) is 8.21. The number of aliphatic hydroxyl groups is 1. The highest BCUT2D eigenvalue weighted by Crippen LogP contribution is 2.29. The van der Waals surface area contributed by atoms with Crippen LogP contribution < -0.4 is 10.6 Å². The fourth-order valence-corrected chi connectivity index (χ4v) is 5.69. The normalized spacial score (nSPS) is 24.5. The maximum absolute atomic E-state index is 13.0. The Morgan fingerprint density at radius 1 is 1.06 bits per heavy atom. The molecule has 2 aliphatic heterocycles. The van der Waals surface area contributed by atoms with Gasteiger partial charge in [0, 0.05) is 49.4 Å². The number of anilines is 2. The van der Waals surface area contributed by atoms with Crippen LogP contribution in [0.5, 0.6) is 0 Å². The summed E-state index contributed by atoms with van der Waals surface area (Å²) in [5.74, 6) is 1.88. The van der Waals surface area contributed by atoms with Crippen LogP contribution in [0, 0.1) is 17.2 Å². The smallest absolute Gasteiger partial charge is 0.225 e. The molecular formula is C27H45N7O2. The van der Waals surface area contributed by atoms with Crippen molar-refractivity contribution in [2.24, 2.45) is 11.8 Å². The molecule has 3 aliphatic rings. The first kappa shape index (κ1) is 26.8. The molecule has 1 aromatic rings. The van der Waals surface area contributed by atoms with E-state index in [9.17, 15) is 9.90 Å². The molecule has 0 spiro atoms. The van der Waals surface area contributed by atoms with Gasteiger partial charge in [-0.15, -0.1) is 0 Å². The first-order valence-corrected chi connectivity index (χ1v) is 14.1. The summed E-state index contributed by atoms with van der Waals surface area (Å²) in [6.07, 6.45) is 10.6. The summed E-state index contributed by atoms with van der Waals surface area (Å²) in [7, 11) is 2.12. The summed E-state index contributed by atoms with van der Waals surface area (Å²) in [4.78, 5) is 26.7. The van der Waals surface area contributed by atoms with Crippen molar-refractivity contribution in [1.29, 1.82) is 5.41 Å². The van der Waals surface area contributed by atoms with Crippen LogP contribution in [0.15, 0.2) is 6.20 Å². The molecule has 0 radical (unpaired) electrons. The third-order valence-corrected chi connectivity index (χ3v) is 8.21. The van der Waals surface area contributed by atoms with E-state index >= 15 is 0 Å². The minimum absolute atomic E-state index is 0.0998. The van der Waals surface area contributed by atoms with Crippen molar-refractivity contribution >= 4 is 23.4 Å². The van der Waals surface area contributed by atoms with Crippen LogP contribution >= 0.6 is 0 Å². The number of unbranched alkanes of at least 4 members (excludes halogenated alkanes) is 1.